The van der Waals surface area contributed by atoms with Crippen molar-refractivity contribution in [3.63, 3.8) is 0 Å². The van der Waals surface area contributed by atoms with E-state index < -0.39 is 0 Å². The number of nitrogens with zero attached hydrogens (tertiary/aromatic N) is 3. The van der Waals surface area contributed by atoms with Crippen LogP contribution >= 0.6 is 0 Å². The Morgan fingerprint density at radius 3 is 2.59 bits per heavy atom. The molecule has 10 heteroatoms. The highest BCUT2D eigenvalue weighted by Gasteiger charge is 2.23. The lowest BCUT2D eigenvalue weighted by molar-refractivity contribution is -0.113. The quantitative estimate of drug-likeness (QED) is 0.152. The van der Waals surface area contributed by atoms with Gasteiger partial charge in [0.05, 0.1) is 31.1 Å². The fourth-order valence-corrected chi connectivity index (χ4v) is 5.85. The first kappa shape index (κ1) is 32.7. The molecule has 0 saturated carbocycles. The molecule has 0 spiro atoms. The third kappa shape index (κ3) is 7.58. The molecule has 1 aromatic heterocycles. The van der Waals surface area contributed by atoms with Crippen molar-refractivity contribution in [2.24, 2.45) is 0 Å². The second-order valence-corrected chi connectivity index (χ2v) is 11.8. The zero-order valence-corrected chi connectivity index (χ0v) is 27.0. The number of nitrogens with one attached hydrogen (secondary N) is 2. The standard InChI is InChI=1S/C36H43N5O5/c1-25-11-14-32(34(22-25)46-21-6-5-8-27(24-42)41-19-17-39(2)18-20-41)40(3)36(44)26-12-13-31(33(23-26)45-4)38-35(43)29-9-7-10-30-28(29)15-16-37-30/h7,9-16,22-24,27,37H,5-6,8,17-21H2,1-4H3,(H,38,43). The number of aromatic amines is 1. The van der Waals surface area contributed by atoms with Gasteiger partial charge in [-0.15, -0.1) is 0 Å². The van der Waals surface area contributed by atoms with E-state index in [-0.39, 0.29) is 17.9 Å². The summed E-state index contributed by atoms with van der Waals surface area (Å²) in [6.07, 6.45) is 5.34. The average Bonchev–Trinajstić information content (AvgIpc) is 3.56. The number of aryl methyl sites for hydroxylation is 1. The number of unbranched alkanes of at least 4 members (excludes halogenated alkanes) is 1. The number of fused-ring (bicyclic) bond motifs is 1. The predicted molar refractivity (Wildman–Crippen MR) is 181 cm³/mol. The van der Waals surface area contributed by atoms with E-state index in [1.54, 1.807) is 42.4 Å². The predicted octanol–water partition coefficient (Wildman–Crippen LogP) is 5.38. The normalized spacial score (nSPS) is 14.5. The average molecular weight is 626 g/mol. The summed E-state index contributed by atoms with van der Waals surface area (Å²) in [6, 6.07) is 18.0. The summed E-state index contributed by atoms with van der Waals surface area (Å²) in [6.45, 7) is 6.25. The van der Waals surface area contributed by atoms with Gasteiger partial charge in [0.2, 0.25) is 0 Å². The van der Waals surface area contributed by atoms with Crippen molar-refractivity contribution in [3.8, 4) is 11.5 Å². The number of hydrogen-bond acceptors (Lipinski definition) is 7. The Kier molecular flexibility index (Phi) is 10.7. The van der Waals surface area contributed by atoms with E-state index in [0.29, 0.717) is 40.6 Å². The van der Waals surface area contributed by atoms with Crippen LogP contribution in [-0.4, -0.2) is 92.9 Å². The molecule has 0 aliphatic carbocycles. The van der Waals surface area contributed by atoms with Crippen LogP contribution in [0.3, 0.4) is 0 Å². The lowest BCUT2D eigenvalue weighted by Gasteiger charge is -2.35. The minimum absolute atomic E-state index is 0.0582. The van der Waals surface area contributed by atoms with Gasteiger partial charge in [-0.3, -0.25) is 14.5 Å². The number of likely N-dealkylation sites (N-methyl/N-ethyl adjacent to an activating group) is 1. The molecule has 10 nitrogen and oxygen atoms in total. The molecule has 0 radical (unpaired) electrons. The first-order chi connectivity index (χ1) is 22.3. The number of rotatable bonds is 13. The Balaban J connectivity index is 1.21. The van der Waals surface area contributed by atoms with E-state index in [0.717, 1.165) is 68.2 Å². The van der Waals surface area contributed by atoms with Crippen molar-refractivity contribution in [2.75, 3.05) is 64.2 Å². The van der Waals surface area contributed by atoms with Crippen LogP contribution in [0.15, 0.2) is 66.9 Å². The number of H-pyrrole nitrogens is 1. The fraction of sp³-hybridized carbons (Fsp3) is 0.361. The van der Waals surface area contributed by atoms with Crippen molar-refractivity contribution in [1.29, 1.82) is 0 Å². The molecule has 2 heterocycles. The third-order valence-corrected chi connectivity index (χ3v) is 8.63. The van der Waals surface area contributed by atoms with Crippen molar-refractivity contribution in [1.82, 2.24) is 14.8 Å². The molecule has 2 amide bonds. The summed E-state index contributed by atoms with van der Waals surface area (Å²) in [5.74, 6) is 0.473. The number of piperazine rings is 1. The molecule has 242 valence electrons. The Morgan fingerprint density at radius 1 is 1.02 bits per heavy atom. The molecule has 1 unspecified atom stereocenters. The highest BCUT2D eigenvalue weighted by atomic mass is 16.5. The van der Waals surface area contributed by atoms with Gasteiger partial charge in [0, 0.05) is 61.5 Å². The Hall–Kier alpha value is -4.67. The maximum absolute atomic E-state index is 13.7. The number of carbonyl (C=O) groups is 3. The van der Waals surface area contributed by atoms with Gasteiger partial charge < -0.3 is 34.4 Å². The highest BCUT2D eigenvalue weighted by Crippen LogP contribution is 2.32. The second-order valence-electron chi connectivity index (χ2n) is 11.8. The lowest BCUT2D eigenvalue weighted by atomic mass is 10.1. The van der Waals surface area contributed by atoms with Crippen molar-refractivity contribution in [2.45, 2.75) is 32.2 Å². The van der Waals surface area contributed by atoms with Gasteiger partial charge in [-0.1, -0.05) is 12.1 Å². The summed E-state index contributed by atoms with van der Waals surface area (Å²) >= 11 is 0. The third-order valence-electron chi connectivity index (χ3n) is 8.63. The second kappa shape index (κ2) is 15.1. The number of benzene rings is 3. The topological polar surface area (TPSA) is 107 Å². The number of ether oxygens (including phenoxy) is 2. The largest absolute Gasteiger partial charge is 0.495 e. The van der Waals surface area contributed by atoms with Crippen LogP contribution in [0, 0.1) is 6.92 Å². The number of aldehydes is 1. The molecule has 46 heavy (non-hydrogen) atoms. The van der Waals surface area contributed by atoms with Crippen molar-refractivity contribution < 1.29 is 23.9 Å². The summed E-state index contributed by atoms with van der Waals surface area (Å²) in [5.41, 5.74) is 3.94. The molecule has 3 aromatic carbocycles. The number of carbonyl (C=O) groups excluding carboxylic acids is 3. The SMILES string of the molecule is COc1cc(C(=O)N(C)c2ccc(C)cc2OCCCCC(C=O)N2CCN(C)CC2)ccc1NC(=O)c1cccc2[nH]ccc12. The van der Waals surface area contributed by atoms with E-state index in [2.05, 4.69) is 27.1 Å². The van der Waals surface area contributed by atoms with Gasteiger partial charge in [0.25, 0.3) is 11.8 Å². The Bertz CT molecular complexity index is 1680. The molecule has 0 bridgehead atoms. The fourth-order valence-electron chi connectivity index (χ4n) is 5.85. The summed E-state index contributed by atoms with van der Waals surface area (Å²) in [7, 11) is 5.32. The highest BCUT2D eigenvalue weighted by molar-refractivity contribution is 6.13. The van der Waals surface area contributed by atoms with E-state index in [1.165, 1.54) is 7.11 Å². The Morgan fingerprint density at radius 2 is 1.83 bits per heavy atom. The minimum atomic E-state index is -0.276. The van der Waals surface area contributed by atoms with Crippen LogP contribution in [0.25, 0.3) is 10.9 Å². The molecule has 1 atom stereocenters. The Labute approximate surface area is 270 Å². The van der Waals surface area contributed by atoms with Gasteiger partial charge in [0.15, 0.2) is 0 Å². The summed E-state index contributed by atoms with van der Waals surface area (Å²) < 4.78 is 11.8. The summed E-state index contributed by atoms with van der Waals surface area (Å²) in [5, 5.41) is 3.74. The van der Waals surface area contributed by atoms with Crippen LogP contribution in [0.1, 0.15) is 45.5 Å². The number of hydrogen-bond donors (Lipinski definition) is 2. The zero-order valence-electron chi connectivity index (χ0n) is 27.0. The maximum atomic E-state index is 13.7. The number of methoxy groups -OCH3 is 1. The van der Waals surface area contributed by atoms with Gasteiger partial charge in [-0.25, -0.2) is 0 Å². The molecule has 5 rings (SSSR count). The van der Waals surface area contributed by atoms with Crippen LogP contribution in [-0.2, 0) is 4.79 Å². The molecule has 2 N–H and O–H groups in total. The molecule has 1 saturated heterocycles. The molecule has 4 aromatic rings. The number of amides is 2. The van der Waals surface area contributed by atoms with Gasteiger partial charge >= 0.3 is 0 Å². The van der Waals surface area contributed by atoms with Crippen LogP contribution in [0.2, 0.25) is 0 Å². The van der Waals surface area contributed by atoms with Crippen LogP contribution < -0.4 is 19.7 Å². The molecule has 1 fully saturated rings. The first-order valence-electron chi connectivity index (χ1n) is 15.7. The van der Waals surface area contributed by atoms with Crippen molar-refractivity contribution >= 4 is 40.4 Å². The number of anilines is 2. The molecule has 1 aliphatic heterocycles. The van der Waals surface area contributed by atoms with E-state index in [1.807, 2.05) is 43.3 Å². The van der Waals surface area contributed by atoms with E-state index in [9.17, 15) is 14.4 Å². The van der Waals surface area contributed by atoms with E-state index >= 15 is 0 Å². The molecule has 1 aliphatic rings. The monoisotopic (exact) mass is 625 g/mol. The van der Waals surface area contributed by atoms with Crippen molar-refractivity contribution in [3.05, 3.63) is 83.6 Å². The first-order valence-corrected chi connectivity index (χ1v) is 15.7. The number of aromatic nitrogens is 1. The van der Waals surface area contributed by atoms with Crippen LogP contribution in [0.5, 0.6) is 11.5 Å². The molecular formula is C36H43N5O5. The smallest absolute Gasteiger partial charge is 0.258 e. The summed E-state index contributed by atoms with van der Waals surface area (Å²) in [4.78, 5) is 47.8. The zero-order chi connectivity index (χ0) is 32.6. The minimum Gasteiger partial charge on any atom is -0.495 e. The maximum Gasteiger partial charge on any atom is 0.258 e. The lowest BCUT2D eigenvalue weighted by Crippen LogP contribution is -2.49. The van der Waals surface area contributed by atoms with Gasteiger partial charge in [0.1, 0.15) is 17.8 Å². The molecular weight excluding hydrogens is 582 g/mol. The van der Waals surface area contributed by atoms with Gasteiger partial charge in [-0.05, 0) is 87.3 Å². The van der Waals surface area contributed by atoms with E-state index in [4.69, 9.17) is 9.47 Å². The van der Waals surface area contributed by atoms with Crippen LogP contribution in [0.4, 0.5) is 11.4 Å². The van der Waals surface area contributed by atoms with Gasteiger partial charge in [-0.2, -0.15) is 0 Å².